The zero-order valence-corrected chi connectivity index (χ0v) is 15.1. The number of aliphatic imine (C=N–C) groups is 1. The molecule has 1 aromatic carbocycles. The standard InChI is InChI=1S/C18H31N3O/c1-14-8-10-15(11-9-14)17(2,3)12-20-16(19-6)21-13-18(4,5)22-7/h8-11H,12-13H2,1-7H3,(H2,19,20,21). The molecule has 0 saturated heterocycles. The molecule has 0 amide bonds. The number of aryl methyl sites for hydroxylation is 1. The number of nitrogens with zero attached hydrogens (tertiary/aromatic N) is 1. The minimum absolute atomic E-state index is 0.0299. The summed E-state index contributed by atoms with van der Waals surface area (Å²) in [7, 11) is 3.51. The third kappa shape index (κ3) is 5.68. The summed E-state index contributed by atoms with van der Waals surface area (Å²) < 4.78 is 5.41. The molecule has 0 spiro atoms. The van der Waals surface area contributed by atoms with Crippen LogP contribution in [0.3, 0.4) is 0 Å². The number of hydrogen-bond acceptors (Lipinski definition) is 2. The highest BCUT2D eigenvalue weighted by atomic mass is 16.5. The van der Waals surface area contributed by atoms with Crippen LogP contribution in [-0.2, 0) is 10.2 Å². The molecular weight excluding hydrogens is 274 g/mol. The van der Waals surface area contributed by atoms with Gasteiger partial charge in [-0.1, -0.05) is 43.7 Å². The first-order valence-corrected chi connectivity index (χ1v) is 7.77. The van der Waals surface area contributed by atoms with Crippen LogP contribution in [0.1, 0.15) is 38.8 Å². The van der Waals surface area contributed by atoms with Gasteiger partial charge in [0.1, 0.15) is 0 Å². The highest BCUT2D eigenvalue weighted by molar-refractivity contribution is 5.79. The van der Waals surface area contributed by atoms with Gasteiger partial charge >= 0.3 is 0 Å². The Hall–Kier alpha value is -1.55. The zero-order chi connectivity index (χ0) is 16.8. The summed E-state index contributed by atoms with van der Waals surface area (Å²) in [4.78, 5) is 4.28. The second-order valence-corrected chi connectivity index (χ2v) is 6.99. The van der Waals surface area contributed by atoms with Crippen molar-refractivity contribution in [3.63, 3.8) is 0 Å². The van der Waals surface area contributed by atoms with Crippen LogP contribution >= 0.6 is 0 Å². The Labute approximate surface area is 135 Å². The number of benzene rings is 1. The van der Waals surface area contributed by atoms with E-state index in [2.05, 4.69) is 60.7 Å². The van der Waals surface area contributed by atoms with Crippen molar-refractivity contribution in [3.8, 4) is 0 Å². The molecule has 1 rings (SSSR count). The lowest BCUT2D eigenvalue weighted by Gasteiger charge is -2.28. The van der Waals surface area contributed by atoms with Gasteiger partial charge in [0, 0.05) is 32.7 Å². The lowest BCUT2D eigenvalue weighted by molar-refractivity contribution is 0.0268. The molecule has 124 valence electrons. The topological polar surface area (TPSA) is 45.7 Å². The van der Waals surface area contributed by atoms with E-state index in [1.807, 2.05) is 13.8 Å². The fraction of sp³-hybridized carbons (Fsp3) is 0.611. The first-order chi connectivity index (χ1) is 10.2. The fourth-order valence-electron chi connectivity index (χ4n) is 2.00. The minimum Gasteiger partial charge on any atom is -0.377 e. The third-order valence-corrected chi connectivity index (χ3v) is 3.99. The van der Waals surface area contributed by atoms with E-state index < -0.39 is 0 Å². The average Bonchev–Trinajstić information content (AvgIpc) is 2.48. The zero-order valence-electron chi connectivity index (χ0n) is 15.1. The Morgan fingerprint density at radius 3 is 2.09 bits per heavy atom. The van der Waals surface area contributed by atoms with Crippen LogP contribution in [-0.4, -0.2) is 38.8 Å². The van der Waals surface area contributed by atoms with E-state index in [-0.39, 0.29) is 11.0 Å². The second-order valence-electron chi connectivity index (χ2n) is 6.99. The minimum atomic E-state index is -0.218. The number of guanidine groups is 1. The molecule has 0 saturated carbocycles. The van der Waals surface area contributed by atoms with E-state index in [1.54, 1.807) is 14.2 Å². The maximum atomic E-state index is 5.41. The molecule has 0 unspecified atom stereocenters. The van der Waals surface area contributed by atoms with E-state index in [1.165, 1.54) is 11.1 Å². The lowest BCUT2D eigenvalue weighted by atomic mass is 9.84. The van der Waals surface area contributed by atoms with Gasteiger partial charge in [-0.2, -0.15) is 0 Å². The van der Waals surface area contributed by atoms with Gasteiger partial charge < -0.3 is 15.4 Å². The Morgan fingerprint density at radius 1 is 1.05 bits per heavy atom. The van der Waals surface area contributed by atoms with E-state index in [4.69, 9.17) is 4.74 Å². The maximum Gasteiger partial charge on any atom is 0.191 e. The van der Waals surface area contributed by atoms with Crippen LogP contribution < -0.4 is 10.6 Å². The molecule has 0 aliphatic rings. The summed E-state index contributed by atoms with van der Waals surface area (Å²) >= 11 is 0. The fourth-order valence-corrected chi connectivity index (χ4v) is 2.00. The van der Waals surface area contributed by atoms with Crippen LogP contribution in [0.15, 0.2) is 29.3 Å². The number of ether oxygens (including phenoxy) is 1. The van der Waals surface area contributed by atoms with Gasteiger partial charge in [-0.05, 0) is 26.3 Å². The largest absolute Gasteiger partial charge is 0.377 e. The molecule has 22 heavy (non-hydrogen) atoms. The molecule has 0 bridgehead atoms. The summed E-state index contributed by atoms with van der Waals surface area (Å²) in [5.74, 6) is 0.797. The molecular formula is C18H31N3O. The average molecular weight is 305 g/mol. The number of methoxy groups -OCH3 is 1. The van der Waals surface area contributed by atoms with Crippen molar-refractivity contribution in [2.24, 2.45) is 4.99 Å². The Bertz CT molecular complexity index is 490. The Balaban J connectivity index is 2.60. The van der Waals surface area contributed by atoms with Crippen LogP contribution in [0.25, 0.3) is 0 Å². The molecule has 1 aromatic rings. The van der Waals surface area contributed by atoms with Crippen LogP contribution in [0, 0.1) is 6.92 Å². The Morgan fingerprint density at radius 2 is 1.59 bits per heavy atom. The summed E-state index contributed by atoms with van der Waals surface area (Å²) in [6, 6.07) is 8.71. The van der Waals surface area contributed by atoms with Crippen molar-refractivity contribution >= 4 is 5.96 Å². The normalized spacial score (nSPS) is 13.1. The SMILES string of the molecule is CN=C(NCC(C)(C)OC)NCC(C)(C)c1ccc(C)cc1. The molecule has 4 heteroatoms. The quantitative estimate of drug-likeness (QED) is 0.627. The van der Waals surface area contributed by atoms with Gasteiger partial charge in [0.05, 0.1) is 5.60 Å². The van der Waals surface area contributed by atoms with Crippen molar-refractivity contribution in [2.75, 3.05) is 27.2 Å². The van der Waals surface area contributed by atoms with Gasteiger partial charge in [0.15, 0.2) is 5.96 Å². The second kappa shape index (κ2) is 7.63. The smallest absolute Gasteiger partial charge is 0.191 e. The lowest BCUT2D eigenvalue weighted by Crippen LogP contribution is -2.48. The summed E-state index contributed by atoms with van der Waals surface area (Å²) in [5, 5.41) is 6.71. The molecule has 0 atom stereocenters. The molecule has 0 fully saturated rings. The van der Waals surface area contributed by atoms with Crippen molar-refractivity contribution in [1.29, 1.82) is 0 Å². The van der Waals surface area contributed by atoms with Gasteiger partial charge in [0.2, 0.25) is 0 Å². The molecule has 4 nitrogen and oxygen atoms in total. The van der Waals surface area contributed by atoms with Crippen LogP contribution in [0.5, 0.6) is 0 Å². The first-order valence-electron chi connectivity index (χ1n) is 7.77. The van der Waals surface area contributed by atoms with Crippen molar-refractivity contribution < 1.29 is 4.74 Å². The maximum absolute atomic E-state index is 5.41. The predicted molar refractivity (Wildman–Crippen MR) is 94.7 cm³/mol. The van der Waals surface area contributed by atoms with E-state index >= 15 is 0 Å². The van der Waals surface area contributed by atoms with Crippen LogP contribution in [0.4, 0.5) is 0 Å². The van der Waals surface area contributed by atoms with Gasteiger partial charge in [-0.15, -0.1) is 0 Å². The molecule has 0 heterocycles. The van der Waals surface area contributed by atoms with E-state index in [0.29, 0.717) is 6.54 Å². The highest BCUT2D eigenvalue weighted by Crippen LogP contribution is 2.22. The van der Waals surface area contributed by atoms with Gasteiger partial charge in [-0.3, -0.25) is 4.99 Å². The molecule has 0 aliphatic carbocycles. The molecule has 0 aliphatic heterocycles. The number of hydrogen-bond donors (Lipinski definition) is 2. The Kier molecular flexibility index (Phi) is 6.42. The van der Waals surface area contributed by atoms with Crippen molar-refractivity contribution in [1.82, 2.24) is 10.6 Å². The molecule has 0 aromatic heterocycles. The number of nitrogens with one attached hydrogen (secondary N) is 2. The van der Waals surface area contributed by atoms with Crippen molar-refractivity contribution in [3.05, 3.63) is 35.4 Å². The number of rotatable bonds is 6. The van der Waals surface area contributed by atoms with Gasteiger partial charge in [0.25, 0.3) is 0 Å². The molecule has 2 N–H and O–H groups in total. The highest BCUT2D eigenvalue weighted by Gasteiger charge is 2.21. The van der Waals surface area contributed by atoms with Crippen LogP contribution in [0.2, 0.25) is 0 Å². The summed E-state index contributed by atoms with van der Waals surface area (Å²) in [6.07, 6.45) is 0. The van der Waals surface area contributed by atoms with Crippen molar-refractivity contribution in [2.45, 2.75) is 45.6 Å². The summed E-state index contributed by atoms with van der Waals surface area (Å²) in [5.41, 5.74) is 2.41. The van der Waals surface area contributed by atoms with Gasteiger partial charge in [-0.25, -0.2) is 0 Å². The van der Waals surface area contributed by atoms with E-state index in [0.717, 1.165) is 12.5 Å². The molecule has 0 radical (unpaired) electrons. The monoisotopic (exact) mass is 305 g/mol. The van der Waals surface area contributed by atoms with E-state index in [9.17, 15) is 0 Å². The summed E-state index contributed by atoms with van der Waals surface area (Å²) in [6.45, 7) is 12.2. The predicted octanol–water partition coefficient (Wildman–Crippen LogP) is 2.86. The first kappa shape index (κ1) is 18.5. The third-order valence-electron chi connectivity index (χ3n) is 3.99.